The summed E-state index contributed by atoms with van der Waals surface area (Å²) in [6.07, 6.45) is 2.30. The normalized spacial score (nSPS) is 11.4. The molecule has 0 saturated heterocycles. The molecule has 2 rings (SSSR count). The van der Waals surface area contributed by atoms with E-state index in [2.05, 4.69) is 21.9 Å². The third kappa shape index (κ3) is 4.72. The number of nitrogens with one attached hydrogen (secondary N) is 1. The molecule has 0 aliphatic carbocycles. The summed E-state index contributed by atoms with van der Waals surface area (Å²) >= 11 is 1.72. The van der Waals surface area contributed by atoms with E-state index in [1.165, 1.54) is 4.88 Å². The number of nitrogens with zero attached hydrogens (tertiary/aromatic N) is 1. The molecule has 0 aliphatic heterocycles. The van der Waals surface area contributed by atoms with Crippen LogP contribution in [-0.4, -0.2) is 16.8 Å². The van der Waals surface area contributed by atoms with Crippen molar-refractivity contribution in [3.8, 4) is 0 Å². The number of carbonyl (C=O) groups excluding carboxylic acids is 1. The van der Waals surface area contributed by atoms with Crippen LogP contribution in [0.15, 0.2) is 46.9 Å². The largest absolute Gasteiger partial charge is 0.411 e. The van der Waals surface area contributed by atoms with Crippen molar-refractivity contribution in [2.24, 2.45) is 5.16 Å². The van der Waals surface area contributed by atoms with Gasteiger partial charge in [0.25, 0.3) is 0 Å². The summed E-state index contributed by atoms with van der Waals surface area (Å²) in [6.45, 7) is 1.72. The summed E-state index contributed by atoms with van der Waals surface area (Å²) in [7, 11) is 0. The van der Waals surface area contributed by atoms with Crippen molar-refractivity contribution in [3.63, 3.8) is 0 Å². The van der Waals surface area contributed by atoms with Gasteiger partial charge in [-0.1, -0.05) is 23.4 Å². The van der Waals surface area contributed by atoms with Gasteiger partial charge in [-0.15, -0.1) is 11.3 Å². The molecule has 0 spiro atoms. The molecular weight excluding hydrogens is 284 g/mol. The van der Waals surface area contributed by atoms with Crippen molar-refractivity contribution >= 4 is 28.6 Å². The monoisotopic (exact) mass is 302 g/mol. The summed E-state index contributed by atoms with van der Waals surface area (Å²) in [5.41, 5.74) is 2.13. The van der Waals surface area contributed by atoms with Crippen LogP contribution in [0, 0.1) is 0 Å². The van der Waals surface area contributed by atoms with Gasteiger partial charge in [0.1, 0.15) is 0 Å². The van der Waals surface area contributed by atoms with Crippen LogP contribution < -0.4 is 5.32 Å². The van der Waals surface area contributed by atoms with E-state index in [0.29, 0.717) is 12.1 Å². The Labute approximate surface area is 128 Å². The smallest absolute Gasteiger partial charge is 0.224 e. The first-order valence-corrected chi connectivity index (χ1v) is 7.68. The predicted molar refractivity (Wildman–Crippen MR) is 86.3 cm³/mol. The number of carbonyl (C=O) groups is 1. The summed E-state index contributed by atoms with van der Waals surface area (Å²) in [5, 5.41) is 16.8. The van der Waals surface area contributed by atoms with Gasteiger partial charge in [-0.05, 0) is 48.9 Å². The van der Waals surface area contributed by atoms with Crippen molar-refractivity contribution in [1.29, 1.82) is 0 Å². The van der Waals surface area contributed by atoms with Crippen LogP contribution >= 0.6 is 11.3 Å². The second-order valence-corrected chi connectivity index (χ2v) is 5.78. The van der Waals surface area contributed by atoms with E-state index >= 15 is 0 Å². The zero-order valence-corrected chi connectivity index (χ0v) is 12.7. The quantitative estimate of drug-likeness (QED) is 0.483. The zero-order chi connectivity index (χ0) is 15.1. The summed E-state index contributed by atoms with van der Waals surface area (Å²) < 4.78 is 0. The maximum absolute atomic E-state index is 11.8. The van der Waals surface area contributed by atoms with E-state index in [0.717, 1.165) is 24.1 Å². The topological polar surface area (TPSA) is 61.7 Å². The lowest BCUT2D eigenvalue weighted by molar-refractivity contribution is -0.116. The first kappa shape index (κ1) is 15.3. The van der Waals surface area contributed by atoms with Crippen molar-refractivity contribution in [3.05, 3.63) is 52.2 Å². The fraction of sp³-hybridized carbons (Fsp3) is 0.250. The maximum atomic E-state index is 11.8. The van der Waals surface area contributed by atoms with Crippen molar-refractivity contribution in [1.82, 2.24) is 0 Å². The number of anilines is 1. The molecule has 0 saturated carbocycles. The standard InChI is InChI=1S/C16H18N2O2S/c1-12(18-20)13-7-9-14(10-8-13)17-16(19)6-2-4-15-5-3-11-21-15/h3,5,7-11,20H,2,4,6H2,1H3,(H,17,19)/b18-12+. The van der Waals surface area contributed by atoms with Crippen molar-refractivity contribution < 1.29 is 10.0 Å². The first-order chi connectivity index (χ1) is 10.2. The van der Waals surface area contributed by atoms with E-state index in [1.54, 1.807) is 30.4 Å². The number of amides is 1. The van der Waals surface area contributed by atoms with E-state index < -0.39 is 0 Å². The average Bonchev–Trinajstić information content (AvgIpc) is 3.00. The number of rotatable bonds is 6. The van der Waals surface area contributed by atoms with Crippen LogP contribution in [-0.2, 0) is 11.2 Å². The Morgan fingerprint density at radius 1 is 1.29 bits per heavy atom. The second-order valence-electron chi connectivity index (χ2n) is 4.74. The lowest BCUT2D eigenvalue weighted by Gasteiger charge is -2.06. The Morgan fingerprint density at radius 2 is 2.05 bits per heavy atom. The second kappa shape index (κ2) is 7.59. The molecule has 110 valence electrons. The average molecular weight is 302 g/mol. The van der Waals surface area contributed by atoms with E-state index in [9.17, 15) is 4.79 Å². The minimum atomic E-state index is 0.0202. The number of oxime groups is 1. The van der Waals surface area contributed by atoms with Crippen LogP contribution in [0.5, 0.6) is 0 Å². The maximum Gasteiger partial charge on any atom is 0.224 e. The number of benzene rings is 1. The van der Waals surface area contributed by atoms with E-state index in [4.69, 9.17) is 5.21 Å². The van der Waals surface area contributed by atoms with Gasteiger partial charge in [-0.2, -0.15) is 0 Å². The number of hydrogen-bond acceptors (Lipinski definition) is 4. The molecule has 2 aromatic rings. The lowest BCUT2D eigenvalue weighted by atomic mass is 10.1. The minimum absolute atomic E-state index is 0.0202. The van der Waals surface area contributed by atoms with Crippen LogP contribution in [0.1, 0.15) is 30.2 Å². The molecule has 0 unspecified atom stereocenters. The van der Waals surface area contributed by atoms with Crippen LogP contribution in [0.25, 0.3) is 0 Å². The highest BCUT2D eigenvalue weighted by atomic mass is 32.1. The van der Waals surface area contributed by atoms with Gasteiger partial charge in [0.2, 0.25) is 5.91 Å². The highest BCUT2D eigenvalue weighted by Gasteiger charge is 2.04. The number of aryl methyl sites for hydroxylation is 1. The van der Waals surface area contributed by atoms with Gasteiger partial charge >= 0.3 is 0 Å². The van der Waals surface area contributed by atoms with E-state index in [1.807, 2.05) is 18.2 Å². The summed E-state index contributed by atoms with van der Waals surface area (Å²) in [6, 6.07) is 11.4. The molecule has 0 radical (unpaired) electrons. The van der Waals surface area contributed by atoms with Gasteiger partial charge < -0.3 is 10.5 Å². The predicted octanol–water partition coefficient (Wildman–Crippen LogP) is 3.91. The minimum Gasteiger partial charge on any atom is -0.411 e. The molecule has 0 fully saturated rings. The lowest BCUT2D eigenvalue weighted by Crippen LogP contribution is -2.11. The molecule has 0 atom stereocenters. The van der Waals surface area contributed by atoms with Crippen LogP contribution in [0.2, 0.25) is 0 Å². The van der Waals surface area contributed by atoms with Gasteiger partial charge in [-0.25, -0.2) is 0 Å². The van der Waals surface area contributed by atoms with Gasteiger partial charge in [0, 0.05) is 17.0 Å². The van der Waals surface area contributed by atoms with Crippen molar-refractivity contribution in [2.75, 3.05) is 5.32 Å². The molecule has 5 heteroatoms. The SMILES string of the molecule is C/C(=N\O)c1ccc(NC(=O)CCCc2cccs2)cc1. The van der Waals surface area contributed by atoms with Gasteiger partial charge in [-0.3, -0.25) is 4.79 Å². The third-order valence-corrected chi connectivity index (χ3v) is 4.08. The fourth-order valence-electron chi connectivity index (χ4n) is 1.95. The number of hydrogen-bond donors (Lipinski definition) is 2. The molecule has 4 nitrogen and oxygen atoms in total. The third-order valence-electron chi connectivity index (χ3n) is 3.14. The molecule has 21 heavy (non-hydrogen) atoms. The fourth-order valence-corrected chi connectivity index (χ4v) is 2.71. The highest BCUT2D eigenvalue weighted by Crippen LogP contribution is 2.14. The molecule has 0 aliphatic rings. The Kier molecular flexibility index (Phi) is 5.51. The molecular formula is C16H18N2O2S. The number of thiophene rings is 1. The van der Waals surface area contributed by atoms with Gasteiger partial charge in [0.15, 0.2) is 0 Å². The Morgan fingerprint density at radius 3 is 2.67 bits per heavy atom. The Hall–Kier alpha value is -2.14. The highest BCUT2D eigenvalue weighted by molar-refractivity contribution is 7.09. The summed E-state index contributed by atoms with van der Waals surface area (Å²) in [5.74, 6) is 0.0202. The molecule has 1 aromatic heterocycles. The molecule has 1 heterocycles. The Balaban J connectivity index is 1.79. The van der Waals surface area contributed by atoms with E-state index in [-0.39, 0.29) is 5.91 Å². The first-order valence-electron chi connectivity index (χ1n) is 6.80. The Bertz CT molecular complexity index is 604. The van der Waals surface area contributed by atoms with Crippen LogP contribution in [0.4, 0.5) is 5.69 Å². The van der Waals surface area contributed by atoms with Crippen LogP contribution in [0.3, 0.4) is 0 Å². The molecule has 1 amide bonds. The van der Waals surface area contributed by atoms with Gasteiger partial charge in [0.05, 0.1) is 5.71 Å². The zero-order valence-electron chi connectivity index (χ0n) is 11.9. The van der Waals surface area contributed by atoms with Crippen molar-refractivity contribution in [2.45, 2.75) is 26.2 Å². The molecule has 0 bridgehead atoms. The molecule has 2 N–H and O–H groups in total. The summed E-state index contributed by atoms with van der Waals surface area (Å²) in [4.78, 5) is 13.2. The molecule has 1 aromatic carbocycles.